The van der Waals surface area contributed by atoms with E-state index < -0.39 is 0 Å². The molecule has 1 aliphatic rings. The van der Waals surface area contributed by atoms with Crippen molar-refractivity contribution in [1.29, 1.82) is 0 Å². The van der Waals surface area contributed by atoms with Gasteiger partial charge in [-0.2, -0.15) is 0 Å². The fraction of sp³-hybridized carbons (Fsp3) is 1.00. The summed E-state index contributed by atoms with van der Waals surface area (Å²) < 4.78 is 0. The third kappa shape index (κ3) is 5.28. The Morgan fingerprint density at radius 3 is 2.50 bits per heavy atom. The van der Waals surface area contributed by atoms with Gasteiger partial charge in [-0.25, -0.2) is 0 Å². The highest BCUT2D eigenvalue weighted by Gasteiger charge is 2.23. The lowest BCUT2D eigenvalue weighted by molar-refractivity contribution is 0.264. The molecule has 0 amide bonds. The average Bonchev–Trinajstić information content (AvgIpc) is 2.59. The second kappa shape index (κ2) is 5.99. The van der Waals surface area contributed by atoms with Crippen molar-refractivity contribution < 1.29 is 0 Å². The monoisotopic (exact) mass is 227 g/mol. The molecule has 3 nitrogen and oxygen atoms in total. The Morgan fingerprint density at radius 2 is 2.00 bits per heavy atom. The van der Waals surface area contributed by atoms with Crippen LogP contribution >= 0.6 is 0 Å². The normalized spacial score (nSPS) is 23.2. The van der Waals surface area contributed by atoms with Crippen LogP contribution in [0, 0.1) is 0 Å². The maximum atomic E-state index is 3.54. The highest BCUT2D eigenvalue weighted by molar-refractivity contribution is 4.80. The lowest BCUT2D eigenvalue weighted by Gasteiger charge is -2.23. The Bertz CT molecular complexity index is 196. The molecule has 1 heterocycles. The van der Waals surface area contributed by atoms with Crippen molar-refractivity contribution in [2.75, 3.05) is 40.3 Å². The number of hydrogen-bond acceptors (Lipinski definition) is 3. The Labute approximate surface area is 101 Å². The summed E-state index contributed by atoms with van der Waals surface area (Å²) in [6.07, 6.45) is 2.59. The number of nitrogens with zero attached hydrogens (tertiary/aromatic N) is 2. The van der Waals surface area contributed by atoms with Crippen LogP contribution in [0.1, 0.15) is 33.6 Å². The molecule has 1 saturated heterocycles. The molecule has 1 fully saturated rings. The van der Waals surface area contributed by atoms with Crippen LogP contribution in [0.25, 0.3) is 0 Å². The quantitative estimate of drug-likeness (QED) is 0.716. The van der Waals surface area contributed by atoms with Gasteiger partial charge in [0.2, 0.25) is 0 Å². The zero-order chi connectivity index (χ0) is 12.2. The Kier molecular flexibility index (Phi) is 5.22. The van der Waals surface area contributed by atoms with Crippen LogP contribution in [0.3, 0.4) is 0 Å². The van der Waals surface area contributed by atoms with Gasteiger partial charge < -0.3 is 15.1 Å². The van der Waals surface area contributed by atoms with Gasteiger partial charge in [0.25, 0.3) is 0 Å². The predicted octanol–water partition coefficient (Wildman–Crippen LogP) is 1.40. The predicted molar refractivity (Wildman–Crippen MR) is 70.9 cm³/mol. The first-order valence-electron chi connectivity index (χ1n) is 6.52. The molecule has 0 bridgehead atoms. The summed E-state index contributed by atoms with van der Waals surface area (Å²) in [5.74, 6) is 0. The maximum absolute atomic E-state index is 3.54. The molecule has 96 valence electrons. The minimum Gasteiger partial charge on any atom is -0.312 e. The zero-order valence-corrected chi connectivity index (χ0v) is 11.7. The smallest absolute Gasteiger partial charge is 0.0229 e. The van der Waals surface area contributed by atoms with Gasteiger partial charge in [0.05, 0.1) is 0 Å². The fourth-order valence-electron chi connectivity index (χ4n) is 2.20. The Morgan fingerprint density at radius 1 is 1.31 bits per heavy atom. The Balaban J connectivity index is 2.07. The van der Waals surface area contributed by atoms with Crippen molar-refractivity contribution in [1.82, 2.24) is 15.1 Å². The fourth-order valence-corrected chi connectivity index (χ4v) is 2.20. The third-order valence-electron chi connectivity index (χ3n) is 3.28. The van der Waals surface area contributed by atoms with E-state index >= 15 is 0 Å². The molecular weight excluding hydrogens is 198 g/mol. The first-order chi connectivity index (χ1) is 7.38. The number of rotatable bonds is 5. The Hall–Kier alpha value is -0.120. The van der Waals surface area contributed by atoms with Gasteiger partial charge in [0.1, 0.15) is 0 Å². The second-order valence-corrected chi connectivity index (χ2v) is 6.24. The van der Waals surface area contributed by atoms with Gasteiger partial charge in [-0.15, -0.1) is 0 Å². The molecule has 1 aliphatic heterocycles. The average molecular weight is 227 g/mol. The summed E-state index contributed by atoms with van der Waals surface area (Å²) in [6.45, 7) is 11.6. The molecule has 0 aromatic rings. The van der Waals surface area contributed by atoms with Gasteiger partial charge in [-0.1, -0.05) is 0 Å². The van der Waals surface area contributed by atoms with E-state index in [0.29, 0.717) is 0 Å². The molecule has 0 spiro atoms. The summed E-state index contributed by atoms with van der Waals surface area (Å²) in [4.78, 5) is 4.95. The highest BCUT2D eigenvalue weighted by atomic mass is 15.2. The van der Waals surface area contributed by atoms with E-state index in [9.17, 15) is 0 Å². The molecule has 0 aromatic carbocycles. The molecule has 1 atom stereocenters. The van der Waals surface area contributed by atoms with Gasteiger partial charge in [-0.05, 0) is 67.3 Å². The molecule has 0 saturated carbocycles. The van der Waals surface area contributed by atoms with Crippen LogP contribution in [0.4, 0.5) is 0 Å². The molecule has 16 heavy (non-hydrogen) atoms. The third-order valence-corrected chi connectivity index (χ3v) is 3.28. The standard InChI is InChI=1S/C13H29N3/c1-13(2,3)14-8-6-9-16-10-7-12(11-16)15(4)5/h12,14H,6-11H2,1-5H3. The second-order valence-electron chi connectivity index (χ2n) is 6.24. The van der Waals surface area contributed by atoms with Crippen molar-refractivity contribution in [3.8, 4) is 0 Å². The van der Waals surface area contributed by atoms with Crippen LogP contribution < -0.4 is 5.32 Å². The number of nitrogens with one attached hydrogen (secondary N) is 1. The lowest BCUT2D eigenvalue weighted by atomic mass is 10.1. The van der Waals surface area contributed by atoms with E-state index in [1.54, 1.807) is 0 Å². The van der Waals surface area contributed by atoms with Crippen molar-refractivity contribution in [2.24, 2.45) is 0 Å². The van der Waals surface area contributed by atoms with Gasteiger partial charge >= 0.3 is 0 Å². The molecule has 1 unspecified atom stereocenters. The summed E-state index contributed by atoms with van der Waals surface area (Å²) in [5, 5.41) is 3.54. The van der Waals surface area contributed by atoms with E-state index in [1.165, 1.54) is 32.5 Å². The van der Waals surface area contributed by atoms with Crippen LogP contribution in [-0.4, -0.2) is 61.7 Å². The largest absolute Gasteiger partial charge is 0.312 e. The van der Waals surface area contributed by atoms with E-state index in [0.717, 1.165) is 12.6 Å². The van der Waals surface area contributed by atoms with Gasteiger partial charge in [0.15, 0.2) is 0 Å². The van der Waals surface area contributed by atoms with Crippen molar-refractivity contribution in [3.63, 3.8) is 0 Å². The SMILES string of the molecule is CN(C)C1CCN(CCCNC(C)(C)C)C1. The molecule has 0 radical (unpaired) electrons. The molecule has 1 N–H and O–H groups in total. The topological polar surface area (TPSA) is 18.5 Å². The summed E-state index contributed by atoms with van der Waals surface area (Å²) in [5.41, 5.74) is 0.261. The van der Waals surface area contributed by atoms with Gasteiger partial charge in [-0.3, -0.25) is 0 Å². The minimum atomic E-state index is 0.261. The van der Waals surface area contributed by atoms with Gasteiger partial charge in [0, 0.05) is 18.1 Å². The molecule has 0 aromatic heterocycles. The van der Waals surface area contributed by atoms with E-state index in [4.69, 9.17) is 0 Å². The molecular formula is C13H29N3. The first kappa shape index (κ1) is 13.9. The summed E-state index contributed by atoms with van der Waals surface area (Å²) >= 11 is 0. The zero-order valence-electron chi connectivity index (χ0n) is 11.7. The number of likely N-dealkylation sites (N-methyl/N-ethyl adjacent to an activating group) is 1. The minimum absolute atomic E-state index is 0.261. The number of hydrogen-bond donors (Lipinski definition) is 1. The van der Waals surface area contributed by atoms with E-state index in [1.807, 2.05) is 0 Å². The van der Waals surface area contributed by atoms with Crippen molar-refractivity contribution >= 4 is 0 Å². The van der Waals surface area contributed by atoms with Crippen LogP contribution in [-0.2, 0) is 0 Å². The van der Waals surface area contributed by atoms with Crippen LogP contribution in [0.2, 0.25) is 0 Å². The van der Waals surface area contributed by atoms with E-state index in [-0.39, 0.29) is 5.54 Å². The van der Waals surface area contributed by atoms with Crippen molar-refractivity contribution in [2.45, 2.75) is 45.2 Å². The summed E-state index contributed by atoms with van der Waals surface area (Å²) in [6, 6.07) is 0.774. The van der Waals surface area contributed by atoms with Crippen molar-refractivity contribution in [3.05, 3.63) is 0 Å². The van der Waals surface area contributed by atoms with E-state index in [2.05, 4.69) is 50.0 Å². The highest BCUT2D eigenvalue weighted by Crippen LogP contribution is 2.13. The lowest BCUT2D eigenvalue weighted by Crippen LogP contribution is -2.38. The van der Waals surface area contributed by atoms with Crippen LogP contribution in [0.15, 0.2) is 0 Å². The maximum Gasteiger partial charge on any atom is 0.0229 e. The number of likely N-dealkylation sites (tertiary alicyclic amines) is 1. The van der Waals surface area contributed by atoms with Crippen LogP contribution in [0.5, 0.6) is 0 Å². The summed E-state index contributed by atoms with van der Waals surface area (Å²) in [7, 11) is 4.38. The molecule has 3 heteroatoms. The molecule has 0 aliphatic carbocycles. The molecule has 1 rings (SSSR count). The first-order valence-corrected chi connectivity index (χ1v) is 6.52.